The summed E-state index contributed by atoms with van der Waals surface area (Å²) in [5.74, 6) is -1.16. The maximum Gasteiger partial charge on any atom is 0.339 e. The van der Waals surface area contributed by atoms with Crippen LogP contribution in [0, 0.1) is 10.1 Å². The van der Waals surface area contributed by atoms with Gasteiger partial charge in [-0.25, -0.2) is 4.79 Å². The number of carbonyl (C=O) groups is 1. The summed E-state index contributed by atoms with van der Waals surface area (Å²) in [5.41, 5.74) is 1.07. The van der Waals surface area contributed by atoms with Crippen LogP contribution in [-0.2, 0) is 5.41 Å². The van der Waals surface area contributed by atoms with Gasteiger partial charge in [-0.3, -0.25) is 15.0 Å². The zero-order chi connectivity index (χ0) is 22.7. The van der Waals surface area contributed by atoms with Gasteiger partial charge in [-0.15, -0.1) is 0 Å². The maximum atomic E-state index is 12.0. The predicted octanol–water partition coefficient (Wildman–Crippen LogP) is 5.52. The van der Waals surface area contributed by atoms with E-state index in [0.717, 1.165) is 23.0 Å². The summed E-state index contributed by atoms with van der Waals surface area (Å²) in [6.07, 6.45) is 3.60. The summed E-state index contributed by atoms with van der Waals surface area (Å²) in [7, 11) is 0. The van der Waals surface area contributed by atoms with Crippen molar-refractivity contribution >= 4 is 29.1 Å². The molecule has 0 bridgehead atoms. The van der Waals surface area contributed by atoms with E-state index in [2.05, 4.69) is 18.7 Å². The SMILES string of the molecule is CC1(C)c2ccccc2N(c2ccccc2)[C@]12C=Cc1cc([N+](=O)[O-])cc(C(=O)O)c1O2. The zero-order valence-corrected chi connectivity index (χ0v) is 17.5. The number of carboxylic acid groups (broad SMARTS) is 1. The molecule has 3 aromatic rings. The third-order valence-electron chi connectivity index (χ3n) is 6.35. The number of fused-ring (bicyclic) bond motifs is 2. The van der Waals surface area contributed by atoms with E-state index in [9.17, 15) is 20.0 Å². The first-order valence-corrected chi connectivity index (χ1v) is 10.1. The third-order valence-corrected chi connectivity index (χ3v) is 6.35. The number of para-hydroxylation sites is 2. The summed E-state index contributed by atoms with van der Waals surface area (Å²) in [5, 5.41) is 21.2. The van der Waals surface area contributed by atoms with Crippen LogP contribution in [0.15, 0.2) is 72.8 Å². The van der Waals surface area contributed by atoms with Crippen LogP contribution in [0.5, 0.6) is 5.75 Å². The van der Waals surface area contributed by atoms with E-state index in [1.165, 1.54) is 6.07 Å². The van der Waals surface area contributed by atoms with Crippen LogP contribution in [0.1, 0.15) is 35.3 Å². The van der Waals surface area contributed by atoms with Gasteiger partial charge >= 0.3 is 5.97 Å². The monoisotopic (exact) mass is 428 g/mol. The molecule has 7 heteroatoms. The van der Waals surface area contributed by atoms with Gasteiger partial charge in [0.2, 0.25) is 5.72 Å². The number of non-ortho nitro benzene ring substituents is 1. The Labute approximate surface area is 184 Å². The molecular formula is C25H20N2O5. The van der Waals surface area contributed by atoms with Gasteiger partial charge in [-0.05, 0) is 49.8 Å². The second-order valence-electron chi connectivity index (χ2n) is 8.42. The number of hydrogen-bond donors (Lipinski definition) is 1. The lowest BCUT2D eigenvalue weighted by Gasteiger charge is -2.47. The molecule has 1 spiro atoms. The number of anilines is 2. The number of ether oxygens (including phenoxy) is 1. The molecule has 1 atom stereocenters. The van der Waals surface area contributed by atoms with Crippen molar-refractivity contribution in [2.75, 3.05) is 4.90 Å². The first-order valence-electron chi connectivity index (χ1n) is 10.1. The number of nitrogens with zero attached hydrogens (tertiary/aromatic N) is 2. The highest BCUT2D eigenvalue weighted by atomic mass is 16.6. The quantitative estimate of drug-likeness (QED) is 0.436. The molecule has 0 fully saturated rings. The fourth-order valence-corrected chi connectivity index (χ4v) is 4.74. The normalized spacial score (nSPS) is 19.9. The number of nitro benzene ring substituents is 1. The van der Waals surface area contributed by atoms with E-state index in [-0.39, 0.29) is 17.0 Å². The summed E-state index contributed by atoms with van der Waals surface area (Å²) in [6, 6.07) is 20.1. The lowest BCUT2D eigenvalue weighted by molar-refractivity contribution is -0.384. The van der Waals surface area contributed by atoms with E-state index in [0.29, 0.717) is 5.56 Å². The van der Waals surface area contributed by atoms with E-state index < -0.39 is 22.0 Å². The minimum absolute atomic E-state index is 0.118. The number of benzene rings is 3. The molecule has 0 saturated heterocycles. The second-order valence-corrected chi connectivity index (χ2v) is 8.42. The summed E-state index contributed by atoms with van der Waals surface area (Å²) >= 11 is 0. The molecule has 2 heterocycles. The molecule has 7 nitrogen and oxygen atoms in total. The van der Waals surface area contributed by atoms with Gasteiger partial charge in [0, 0.05) is 29.1 Å². The molecule has 0 aromatic heterocycles. The Morgan fingerprint density at radius 3 is 2.44 bits per heavy atom. The van der Waals surface area contributed by atoms with Crippen molar-refractivity contribution in [2.24, 2.45) is 0 Å². The van der Waals surface area contributed by atoms with Crippen LogP contribution >= 0.6 is 0 Å². The summed E-state index contributed by atoms with van der Waals surface area (Å²) in [4.78, 5) is 24.8. The molecule has 0 amide bonds. The lowest BCUT2D eigenvalue weighted by Crippen LogP contribution is -2.58. The van der Waals surface area contributed by atoms with Crippen LogP contribution in [0.4, 0.5) is 17.1 Å². The largest absolute Gasteiger partial charge is 0.478 e. The molecule has 3 aromatic carbocycles. The molecule has 160 valence electrons. The number of hydrogen-bond acceptors (Lipinski definition) is 5. The minimum Gasteiger partial charge on any atom is -0.478 e. The second kappa shape index (κ2) is 6.68. The topological polar surface area (TPSA) is 92.9 Å². The Bertz CT molecular complexity index is 1300. The van der Waals surface area contributed by atoms with Crippen molar-refractivity contribution < 1.29 is 19.6 Å². The highest BCUT2D eigenvalue weighted by molar-refractivity contribution is 5.94. The fraction of sp³-hybridized carbons (Fsp3) is 0.160. The lowest BCUT2D eigenvalue weighted by atomic mass is 9.76. The van der Waals surface area contributed by atoms with Crippen LogP contribution < -0.4 is 9.64 Å². The van der Waals surface area contributed by atoms with Gasteiger partial charge in [0.05, 0.1) is 10.3 Å². The van der Waals surface area contributed by atoms with Gasteiger partial charge < -0.3 is 9.84 Å². The van der Waals surface area contributed by atoms with Gasteiger partial charge in [0.15, 0.2) is 0 Å². The van der Waals surface area contributed by atoms with Crippen LogP contribution in [0.3, 0.4) is 0 Å². The van der Waals surface area contributed by atoms with Gasteiger partial charge in [0.25, 0.3) is 5.69 Å². The molecular weight excluding hydrogens is 408 g/mol. The van der Waals surface area contributed by atoms with E-state index >= 15 is 0 Å². The average Bonchev–Trinajstić information content (AvgIpc) is 2.97. The summed E-state index contributed by atoms with van der Waals surface area (Å²) < 4.78 is 6.61. The van der Waals surface area contributed by atoms with Gasteiger partial charge in [0.1, 0.15) is 11.3 Å². The Morgan fingerprint density at radius 1 is 1.06 bits per heavy atom. The Hall–Kier alpha value is -4.13. The van der Waals surface area contributed by atoms with Crippen molar-refractivity contribution in [3.05, 3.63) is 99.6 Å². The Morgan fingerprint density at radius 2 is 1.75 bits per heavy atom. The Balaban J connectivity index is 1.78. The fourth-order valence-electron chi connectivity index (χ4n) is 4.74. The van der Waals surface area contributed by atoms with Crippen molar-refractivity contribution in [3.63, 3.8) is 0 Å². The van der Waals surface area contributed by atoms with E-state index in [1.54, 1.807) is 6.08 Å². The molecule has 0 saturated carbocycles. The highest BCUT2D eigenvalue weighted by Crippen LogP contribution is 2.58. The van der Waals surface area contributed by atoms with Crippen molar-refractivity contribution in [1.82, 2.24) is 0 Å². The number of aromatic carboxylic acids is 1. The predicted molar refractivity (Wildman–Crippen MR) is 120 cm³/mol. The van der Waals surface area contributed by atoms with Crippen molar-refractivity contribution in [2.45, 2.75) is 25.0 Å². The molecule has 32 heavy (non-hydrogen) atoms. The molecule has 0 radical (unpaired) electrons. The summed E-state index contributed by atoms with van der Waals surface area (Å²) in [6.45, 7) is 4.10. The van der Waals surface area contributed by atoms with Crippen LogP contribution in [0.2, 0.25) is 0 Å². The van der Waals surface area contributed by atoms with Gasteiger partial charge in [-0.2, -0.15) is 0 Å². The number of nitro groups is 1. The minimum atomic E-state index is -1.28. The van der Waals surface area contributed by atoms with E-state index in [1.807, 2.05) is 60.7 Å². The molecule has 2 aliphatic rings. The number of rotatable bonds is 3. The Kier molecular flexibility index (Phi) is 4.14. The van der Waals surface area contributed by atoms with Crippen LogP contribution in [-0.4, -0.2) is 21.7 Å². The standard InChI is InChI=1S/C25H20N2O5/c1-24(2)20-10-6-7-11-21(20)26(17-8-4-3-5-9-17)25(24)13-12-16-14-18(27(30)31)15-19(23(28)29)22(16)32-25/h3-15H,1-2H3,(H,28,29)/t25-/m0/s1. The molecule has 5 rings (SSSR count). The molecule has 2 aliphatic heterocycles. The maximum absolute atomic E-state index is 12.0. The van der Waals surface area contributed by atoms with Crippen molar-refractivity contribution in [3.8, 4) is 5.75 Å². The average molecular weight is 428 g/mol. The van der Waals surface area contributed by atoms with E-state index in [4.69, 9.17) is 4.74 Å². The first kappa shape index (κ1) is 19.8. The van der Waals surface area contributed by atoms with Gasteiger partial charge in [-0.1, -0.05) is 36.4 Å². The number of carboxylic acids is 1. The first-order chi connectivity index (χ1) is 15.3. The zero-order valence-electron chi connectivity index (χ0n) is 17.5. The third kappa shape index (κ3) is 2.57. The molecule has 0 unspecified atom stereocenters. The van der Waals surface area contributed by atoms with Crippen molar-refractivity contribution in [1.29, 1.82) is 0 Å². The highest BCUT2D eigenvalue weighted by Gasteiger charge is 2.59. The van der Waals surface area contributed by atoms with Crippen LogP contribution in [0.25, 0.3) is 6.08 Å². The smallest absolute Gasteiger partial charge is 0.339 e. The molecule has 0 aliphatic carbocycles. The molecule has 1 N–H and O–H groups in total.